The number of hydrazine groups is 1. The smallest absolute Gasteiger partial charge is 0.319 e. The van der Waals surface area contributed by atoms with Gasteiger partial charge in [-0.1, -0.05) is 12.1 Å². The largest absolute Gasteiger partial charge is 0.338 e. The molecule has 2 saturated heterocycles. The highest BCUT2D eigenvalue weighted by molar-refractivity contribution is 8.00. The summed E-state index contributed by atoms with van der Waals surface area (Å²) in [6, 6.07) is 9.18. The highest BCUT2D eigenvalue weighted by Gasteiger charge is 2.31. The van der Waals surface area contributed by atoms with Crippen molar-refractivity contribution in [2.24, 2.45) is 0 Å². The molecular weight excluding hydrogens is 334 g/mol. The average Bonchev–Trinajstić information content (AvgIpc) is 3.22. The van der Waals surface area contributed by atoms with Crippen LogP contribution in [0.15, 0.2) is 29.2 Å². The van der Waals surface area contributed by atoms with Crippen molar-refractivity contribution >= 4 is 23.5 Å². The molecule has 0 radical (unpaired) electrons. The monoisotopic (exact) mass is 363 g/mol. The van der Waals surface area contributed by atoms with Gasteiger partial charge in [-0.05, 0) is 51.8 Å². The Balaban J connectivity index is 1.52. The van der Waals surface area contributed by atoms with Gasteiger partial charge in [0, 0.05) is 34.8 Å². The van der Waals surface area contributed by atoms with E-state index in [1.54, 1.807) is 11.8 Å². The van der Waals surface area contributed by atoms with Crippen LogP contribution in [0.3, 0.4) is 0 Å². The number of amides is 2. The van der Waals surface area contributed by atoms with Crippen LogP contribution in [-0.4, -0.2) is 42.5 Å². The van der Waals surface area contributed by atoms with Gasteiger partial charge in [0.2, 0.25) is 0 Å². The first-order valence-electron chi connectivity index (χ1n) is 9.18. The van der Waals surface area contributed by atoms with Crippen LogP contribution < -0.4 is 26.8 Å². The van der Waals surface area contributed by atoms with Crippen LogP contribution in [0.4, 0.5) is 10.5 Å². The predicted molar refractivity (Wildman–Crippen MR) is 104 cm³/mol. The zero-order chi connectivity index (χ0) is 17.6. The topological polar surface area (TPSA) is 77.2 Å². The van der Waals surface area contributed by atoms with Gasteiger partial charge in [0.15, 0.2) is 0 Å². The molecule has 0 aromatic heterocycles. The first-order chi connectivity index (χ1) is 12.1. The first kappa shape index (κ1) is 18.5. The first-order valence-corrected chi connectivity index (χ1v) is 10.1. The van der Waals surface area contributed by atoms with Crippen LogP contribution in [0.2, 0.25) is 0 Å². The Hall–Kier alpha value is -1.28. The molecule has 25 heavy (non-hydrogen) atoms. The van der Waals surface area contributed by atoms with Crippen molar-refractivity contribution in [1.82, 2.24) is 21.5 Å². The Bertz CT molecular complexity index is 568. The molecule has 5 N–H and O–H groups in total. The number of urea groups is 1. The number of para-hydroxylation sites is 1. The molecule has 1 aromatic rings. The van der Waals surface area contributed by atoms with Crippen molar-refractivity contribution in [3.8, 4) is 0 Å². The van der Waals surface area contributed by atoms with E-state index >= 15 is 0 Å². The second-order valence-corrected chi connectivity index (χ2v) is 8.13. The van der Waals surface area contributed by atoms with Crippen LogP contribution in [0.5, 0.6) is 0 Å². The van der Waals surface area contributed by atoms with Crippen LogP contribution in [0, 0.1) is 0 Å². The van der Waals surface area contributed by atoms with Crippen LogP contribution >= 0.6 is 11.8 Å². The Labute approximate surface area is 154 Å². The number of hydrogen-bond donors (Lipinski definition) is 5. The van der Waals surface area contributed by atoms with Crippen LogP contribution in [0.1, 0.15) is 33.1 Å². The molecule has 2 aliphatic heterocycles. The zero-order valence-electron chi connectivity index (χ0n) is 15.0. The molecule has 0 aliphatic carbocycles. The molecular formula is C18H29N5OS. The quantitative estimate of drug-likeness (QED) is 0.536. The lowest BCUT2D eigenvalue weighted by atomic mass is 10.1. The molecule has 3 atom stereocenters. The number of hydrogen-bond acceptors (Lipinski definition) is 5. The summed E-state index contributed by atoms with van der Waals surface area (Å²) in [7, 11) is 0. The highest BCUT2D eigenvalue weighted by atomic mass is 32.2. The van der Waals surface area contributed by atoms with Crippen molar-refractivity contribution in [2.75, 3.05) is 18.4 Å². The predicted octanol–water partition coefficient (Wildman–Crippen LogP) is 2.30. The average molecular weight is 364 g/mol. The Morgan fingerprint density at radius 3 is 2.72 bits per heavy atom. The minimum atomic E-state index is -0.130. The van der Waals surface area contributed by atoms with Gasteiger partial charge >= 0.3 is 6.03 Å². The molecule has 2 aliphatic rings. The Kier molecular flexibility index (Phi) is 6.58. The van der Waals surface area contributed by atoms with E-state index in [0.717, 1.165) is 23.5 Å². The van der Waals surface area contributed by atoms with Gasteiger partial charge in [0.05, 0.1) is 5.69 Å². The van der Waals surface area contributed by atoms with E-state index in [1.807, 2.05) is 18.2 Å². The van der Waals surface area contributed by atoms with E-state index in [1.165, 1.54) is 12.8 Å². The minimum Gasteiger partial charge on any atom is -0.338 e. The number of benzene rings is 1. The van der Waals surface area contributed by atoms with E-state index in [4.69, 9.17) is 0 Å². The third kappa shape index (κ3) is 5.10. The summed E-state index contributed by atoms with van der Waals surface area (Å²) >= 11 is 1.80. The van der Waals surface area contributed by atoms with Gasteiger partial charge in [0.1, 0.15) is 0 Å². The lowest BCUT2D eigenvalue weighted by Gasteiger charge is -2.19. The van der Waals surface area contributed by atoms with E-state index in [9.17, 15) is 4.79 Å². The normalized spacial score (nSPS) is 28.9. The summed E-state index contributed by atoms with van der Waals surface area (Å²) in [5, 5.41) is 9.85. The van der Waals surface area contributed by atoms with E-state index in [0.29, 0.717) is 29.9 Å². The molecule has 0 bridgehead atoms. The zero-order valence-corrected chi connectivity index (χ0v) is 15.8. The summed E-state index contributed by atoms with van der Waals surface area (Å²) in [5.41, 5.74) is 7.43. The molecule has 0 spiro atoms. The Morgan fingerprint density at radius 1 is 1.24 bits per heavy atom. The number of carbonyl (C=O) groups excluding carboxylic acids is 1. The number of anilines is 1. The summed E-state index contributed by atoms with van der Waals surface area (Å²) in [5.74, 6) is 0. The fraction of sp³-hybridized carbons (Fsp3) is 0.611. The molecule has 6 nitrogen and oxygen atoms in total. The van der Waals surface area contributed by atoms with Crippen molar-refractivity contribution < 1.29 is 4.79 Å². The minimum absolute atomic E-state index is 0.130. The molecule has 138 valence electrons. The van der Waals surface area contributed by atoms with Crippen molar-refractivity contribution in [1.29, 1.82) is 0 Å². The SMILES string of the molecule is CC1NNC(C)C1Sc1ccccc1NC(=O)NCC[C@@H]1CCCN1. The van der Waals surface area contributed by atoms with Crippen molar-refractivity contribution in [2.45, 2.75) is 61.4 Å². The second-order valence-electron chi connectivity index (χ2n) is 6.91. The lowest BCUT2D eigenvalue weighted by molar-refractivity contribution is 0.251. The summed E-state index contributed by atoms with van der Waals surface area (Å²) in [6.45, 7) is 6.15. The van der Waals surface area contributed by atoms with Gasteiger partial charge < -0.3 is 16.0 Å². The molecule has 2 fully saturated rings. The van der Waals surface area contributed by atoms with Gasteiger partial charge in [-0.15, -0.1) is 11.8 Å². The maximum atomic E-state index is 12.2. The van der Waals surface area contributed by atoms with E-state index < -0.39 is 0 Å². The maximum Gasteiger partial charge on any atom is 0.319 e. The molecule has 2 unspecified atom stereocenters. The summed E-state index contributed by atoms with van der Waals surface area (Å²) in [4.78, 5) is 13.3. The van der Waals surface area contributed by atoms with Gasteiger partial charge in [-0.25, -0.2) is 4.79 Å². The second kappa shape index (κ2) is 8.89. The summed E-state index contributed by atoms with van der Waals surface area (Å²) < 4.78 is 0. The standard InChI is InChI=1S/C18H29N5OS/c1-12-17(13(2)23-22-12)25-16-8-4-3-7-15(16)21-18(24)20-11-9-14-6-5-10-19-14/h3-4,7-8,12-14,17,19,22-23H,5-6,9-11H2,1-2H3,(H2,20,21,24)/t12?,13?,14-,17?/m0/s1. The van der Waals surface area contributed by atoms with Crippen molar-refractivity contribution in [3.63, 3.8) is 0 Å². The van der Waals surface area contributed by atoms with Crippen LogP contribution in [0.25, 0.3) is 0 Å². The molecule has 2 heterocycles. The van der Waals surface area contributed by atoms with Gasteiger partial charge in [0.25, 0.3) is 0 Å². The number of thioether (sulfide) groups is 1. The van der Waals surface area contributed by atoms with Crippen molar-refractivity contribution in [3.05, 3.63) is 24.3 Å². The molecule has 3 rings (SSSR count). The number of rotatable bonds is 6. The third-order valence-electron chi connectivity index (χ3n) is 4.86. The number of carbonyl (C=O) groups is 1. The van der Waals surface area contributed by atoms with E-state index in [2.05, 4.69) is 46.7 Å². The van der Waals surface area contributed by atoms with Gasteiger partial charge in [-0.3, -0.25) is 10.9 Å². The van der Waals surface area contributed by atoms with Gasteiger partial charge in [-0.2, -0.15) is 0 Å². The number of nitrogens with one attached hydrogen (secondary N) is 5. The molecule has 0 saturated carbocycles. The summed E-state index contributed by atoms with van der Waals surface area (Å²) in [6.07, 6.45) is 3.43. The fourth-order valence-electron chi connectivity index (χ4n) is 3.41. The molecule has 2 amide bonds. The highest BCUT2D eigenvalue weighted by Crippen LogP contribution is 2.34. The molecule has 1 aromatic carbocycles. The van der Waals surface area contributed by atoms with E-state index in [-0.39, 0.29) is 6.03 Å². The molecule has 7 heteroatoms. The lowest BCUT2D eigenvalue weighted by Crippen LogP contribution is -2.33. The fourth-order valence-corrected chi connectivity index (χ4v) is 4.65. The third-order valence-corrected chi connectivity index (χ3v) is 6.56. The van der Waals surface area contributed by atoms with Crippen LogP contribution in [-0.2, 0) is 0 Å². The Morgan fingerprint density at radius 2 is 2.00 bits per heavy atom. The maximum absolute atomic E-state index is 12.2.